The highest BCUT2D eigenvalue weighted by molar-refractivity contribution is 6.30. The summed E-state index contributed by atoms with van der Waals surface area (Å²) in [6.07, 6.45) is 4.15. The lowest BCUT2D eigenvalue weighted by Crippen LogP contribution is -2.37. The quantitative estimate of drug-likeness (QED) is 0.832. The molecule has 2 atom stereocenters. The van der Waals surface area contributed by atoms with Crippen LogP contribution >= 0.6 is 11.6 Å². The van der Waals surface area contributed by atoms with Crippen LogP contribution in [0.5, 0.6) is 0 Å². The third-order valence-electron chi connectivity index (χ3n) is 4.46. The van der Waals surface area contributed by atoms with E-state index < -0.39 is 5.92 Å². The number of halogens is 1. The summed E-state index contributed by atoms with van der Waals surface area (Å²) in [7, 11) is 0. The molecule has 3 nitrogen and oxygen atoms in total. The van der Waals surface area contributed by atoms with E-state index in [0.717, 1.165) is 25.7 Å². The van der Waals surface area contributed by atoms with Crippen molar-refractivity contribution in [3.63, 3.8) is 0 Å². The standard InChI is InChI=1S/C17H21ClN2O/c1-3-10-17(2,12-4-5-12)15(11-19)16(21)20-14-8-6-13(18)7-9-14/h6-9,12,15H,3-5,10H2,1-2H3,(H,20,21). The van der Waals surface area contributed by atoms with E-state index in [9.17, 15) is 10.1 Å². The Labute approximate surface area is 131 Å². The number of carbonyl (C=O) groups is 1. The van der Waals surface area contributed by atoms with Gasteiger partial charge in [0.25, 0.3) is 0 Å². The van der Waals surface area contributed by atoms with Crippen molar-refractivity contribution in [2.75, 3.05) is 5.32 Å². The van der Waals surface area contributed by atoms with Crippen LogP contribution in [-0.2, 0) is 4.79 Å². The van der Waals surface area contributed by atoms with E-state index in [1.165, 1.54) is 0 Å². The van der Waals surface area contributed by atoms with Crippen LogP contribution in [0.15, 0.2) is 24.3 Å². The summed E-state index contributed by atoms with van der Waals surface area (Å²) in [6.45, 7) is 4.19. The molecule has 0 aliphatic heterocycles. The van der Waals surface area contributed by atoms with Gasteiger partial charge in [-0.05, 0) is 54.9 Å². The Kier molecular flexibility index (Phi) is 4.90. The smallest absolute Gasteiger partial charge is 0.242 e. The molecule has 0 saturated heterocycles. The Morgan fingerprint density at radius 3 is 2.57 bits per heavy atom. The molecule has 1 aliphatic rings. The molecular weight excluding hydrogens is 284 g/mol. The van der Waals surface area contributed by atoms with Gasteiger partial charge in [0.1, 0.15) is 5.92 Å². The summed E-state index contributed by atoms with van der Waals surface area (Å²) in [4.78, 5) is 12.5. The summed E-state index contributed by atoms with van der Waals surface area (Å²) >= 11 is 5.84. The molecule has 0 bridgehead atoms. The number of amides is 1. The fraction of sp³-hybridized carbons (Fsp3) is 0.529. The van der Waals surface area contributed by atoms with Crippen LogP contribution in [0.2, 0.25) is 5.02 Å². The molecule has 0 aromatic heterocycles. The van der Waals surface area contributed by atoms with Crippen molar-refractivity contribution in [2.24, 2.45) is 17.3 Å². The van der Waals surface area contributed by atoms with E-state index in [1.54, 1.807) is 24.3 Å². The minimum absolute atomic E-state index is 0.206. The van der Waals surface area contributed by atoms with Gasteiger partial charge in [-0.1, -0.05) is 31.9 Å². The number of anilines is 1. The number of carbonyl (C=O) groups excluding carboxylic acids is 1. The van der Waals surface area contributed by atoms with E-state index in [-0.39, 0.29) is 11.3 Å². The molecule has 1 N–H and O–H groups in total. The predicted molar refractivity (Wildman–Crippen MR) is 84.9 cm³/mol. The van der Waals surface area contributed by atoms with Gasteiger partial charge in [0.05, 0.1) is 6.07 Å². The number of nitrogens with one attached hydrogen (secondary N) is 1. The number of nitrogens with zero attached hydrogens (tertiary/aromatic N) is 1. The lowest BCUT2D eigenvalue weighted by Gasteiger charge is -2.33. The van der Waals surface area contributed by atoms with Crippen LogP contribution in [0.4, 0.5) is 5.69 Å². The van der Waals surface area contributed by atoms with Gasteiger partial charge in [0.15, 0.2) is 0 Å². The number of benzene rings is 1. The molecule has 0 radical (unpaired) electrons. The third-order valence-corrected chi connectivity index (χ3v) is 4.71. The number of rotatable bonds is 6. The zero-order valence-corrected chi connectivity index (χ0v) is 13.3. The molecule has 0 spiro atoms. The number of nitriles is 1. The van der Waals surface area contributed by atoms with Crippen LogP contribution in [0.3, 0.4) is 0 Å². The van der Waals surface area contributed by atoms with Crippen molar-refractivity contribution < 1.29 is 4.79 Å². The SMILES string of the molecule is CCCC(C)(C1CC1)C(C#N)C(=O)Nc1ccc(Cl)cc1. The first-order chi connectivity index (χ1) is 10.0. The van der Waals surface area contributed by atoms with E-state index in [2.05, 4.69) is 25.2 Å². The maximum Gasteiger partial charge on any atom is 0.242 e. The second-order valence-electron chi connectivity index (χ2n) is 6.09. The first-order valence-electron chi connectivity index (χ1n) is 7.47. The molecule has 21 heavy (non-hydrogen) atoms. The van der Waals surface area contributed by atoms with E-state index >= 15 is 0 Å². The second kappa shape index (κ2) is 6.49. The van der Waals surface area contributed by atoms with Gasteiger partial charge in [0.2, 0.25) is 5.91 Å². The molecule has 1 amide bonds. The summed E-state index contributed by atoms with van der Waals surface area (Å²) in [5.41, 5.74) is 0.458. The molecule has 2 unspecified atom stereocenters. The average Bonchev–Trinajstić information content (AvgIpc) is 3.27. The highest BCUT2D eigenvalue weighted by Crippen LogP contribution is 2.52. The first kappa shape index (κ1) is 15.9. The molecule has 1 aliphatic carbocycles. The molecule has 1 aromatic carbocycles. The van der Waals surface area contributed by atoms with Gasteiger partial charge >= 0.3 is 0 Å². The molecular formula is C17H21ClN2O. The lowest BCUT2D eigenvalue weighted by molar-refractivity contribution is -0.122. The Balaban J connectivity index is 2.14. The third kappa shape index (κ3) is 3.57. The van der Waals surface area contributed by atoms with E-state index in [1.807, 2.05) is 0 Å². The second-order valence-corrected chi connectivity index (χ2v) is 6.52. The lowest BCUT2D eigenvalue weighted by atomic mass is 9.70. The van der Waals surface area contributed by atoms with Crippen LogP contribution in [-0.4, -0.2) is 5.91 Å². The van der Waals surface area contributed by atoms with Gasteiger partial charge < -0.3 is 5.32 Å². The zero-order valence-electron chi connectivity index (χ0n) is 12.5. The molecule has 0 heterocycles. The zero-order chi connectivity index (χ0) is 15.5. The maximum absolute atomic E-state index is 12.5. The van der Waals surface area contributed by atoms with Gasteiger partial charge in [-0.2, -0.15) is 5.26 Å². The number of hydrogen-bond acceptors (Lipinski definition) is 2. The molecule has 1 saturated carbocycles. The topological polar surface area (TPSA) is 52.9 Å². The van der Waals surface area contributed by atoms with Gasteiger partial charge in [-0.3, -0.25) is 4.79 Å². The van der Waals surface area contributed by atoms with Crippen molar-refractivity contribution in [1.29, 1.82) is 5.26 Å². The monoisotopic (exact) mass is 304 g/mol. The Morgan fingerprint density at radius 2 is 2.10 bits per heavy atom. The van der Waals surface area contributed by atoms with Crippen LogP contribution in [0.25, 0.3) is 0 Å². The highest BCUT2D eigenvalue weighted by Gasteiger charge is 2.49. The Bertz CT molecular complexity index is 545. The van der Waals surface area contributed by atoms with Crippen molar-refractivity contribution in [3.8, 4) is 6.07 Å². The molecule has 112 valence electrons. The minimum atomic E-state index is -0.611. The molecule has 4 heteroatoms. The first-order valence-corrected chi connectivity index (χ1v) is 7.85. The largest absolute Gasteiger partial charge is 0.325 e. The van der Waals surface area contributed by atoms with E-state index in [4.69, 9.17) is 11.6 Å². The summed E-state index contributed by atoms with van der Waals surface area (Å²) in [5, 5.41) is 13.0. The Morgan fingerprint density at radius 1 is 1.48 bits per heavy atom. The normalized spacial score (nSPS) is 18.4. The fourth-order valence-electron chi connectivity index (χ4n) is 3.12. The van der Waals surface area contributed by atoms with Crippen LogP contribution in [0, 0.1) is 28.6 Å². The van der Waals surface area contributed by atoms with Crippen LogP contribution in [0.1, 0.15) is 39.5 Å². The van der Waals surface area contributed by atoms with Crippen molar-refractivity contribution >= 4 is 23.2 Å². The average molecular weight is 305 g/mol. The minimum Gasteiger partial charge on any atom is -0.325 e. The molecule has 1 fully saturated rings. The maximum atomic E-state index is 12.5. The summed E-state index contributed by atoms with van der Waals surface area (Å²) in [5.74, 6) is -0.318. The fourth-order valence-corrected chi connectivity index (χ4v) is 3.24. The van der Waals surface area contributed by atoms with Crippen molar-refractivity contribution in [2.45, 2.75) is 39.5 Å². The summed E-state index contributed by atoms with van der Waals surface area (Å²) < 4.78 is 0. The summed E-state index contributed by atoms with van der Waals surface area (Å²) in [6, 6.07) is 9.20. The van der Waals surface area contributed by atoms with Crippen molar-refractivity contribution in [1.82, 2.24) is 0 Å². The molecule has 2 rings (SSSR count). The molecule has 1 aromatic rings. The van der Waals surface area contributed by atoms with Gasteiger partial charge in [0, 0.05) is 10.7 Å². The highest BCUT2D eigenvalue weighted by atomic mass is 35.5. The van der Waals surface area contributed by atoms with E-state index in [0.29, 0.717) is 16.6 Å². The van der Waals surface area contributed by atoms with Gasteiger partial charge in [-0.25, -0.2) is 0 Å². The number of hydrogen-bond donors (Lipinski definition) is 1. The van der Waals surface area contributed by atoms with Crippen LogP contribution < -0.4 is 5.32 Å². The predicted octanol–water partition coefficient (Wildman–Crippen LogP) is 4.63. The van der Waals surface area contributed by atoms with Gasteiger partial charge in [-0.15, -0.1) is 0 Å². The Hall–Kier alpha value is -1.53. The van der Waals surface area contributed by atoms with Crippen molar-refractivity contribution in [3.05, 3.63) is 29.3 Å².